The van der Waals surface area contributed by atoms with Gasteiger partial charge in [-0.25, -0.2) is 14.6 Å². The van der Waals surface area contributed by atoms with Gasteiger partial charge in [-0.1, -0.05) is 42.8 Å². The SMILES string of the molecule is CC1=C(C(=O)Oc2ccccc2)C2(C)[C@@H]3C(=O)N(c4ccc(C)cc4Br)C(=O)[C@@H]3C1[C@H]1C(=O)N(c3ccc(C)cc3Br)C(=O)[C@@H]12. The van der Waals surface area contributed by atoms with Gasteiger partial charge in [-0.15, -0.1) is 0 Å². The van der Waals surface area contributed by atoms with E-state index in [1.54, 1.807) is 56.3 Å². The van der Waals surface area contributed by atoms with Crippen LogP contribution in [0.2, 0.25) is 0 Å². The van der Waals surface area contributed by atoms with Crippen molar-refractivity contribution in [1.82, 2.24) is 0 Å². The first-order valence-electron chi connectivity index (χ1n) is 14.6. The van der Waals surface area contributed by atoms with Crippen LogP contribution in [0.1, 0.15) is 25.0 Å². The number of hydrogen-bond donors (Lipinski definition) is 0. The summed E-state index contributed by atoms with van der Waals surface area (Å²) in [5.74, 6) is -7.19. The summed E-state index contributed by atoms with van der Waals surface area (Å²) in [5, 5.41) is 0. The minimum atomic E-state index is -1.52. The number of benzene rings is 3. The number of rotatable bonds is 4. The molecule has 0 spiro atoms. The van der Waals surface area contributed by atoms with Gasteiger partial charge >= 0.3 is 5.97 Å². The Kier molecular flexibility index (Phi) is 6.83. The molecule has 8 rings (SSSR count). The van der Waals surface area contributed by atoms with Gasteiger partial charge in [-0.05, 0) is 100 Å². The smallest absolute Gasteiger partial charge is 0.339 e. The molecule has 6 atom stereocenters. The Labute approximate surface area is 276 Å². The second-order valence-electron chi connectivity index (χ2n) is 12.5. The van der Waals surface area contributed by atoms with Gasteiger partial charge < -0.3 is 4.74 Å². The molecule has 3 fully saturated rings. The maximum Gasteiger partial charge on any atom is 0.339 e. The Bertz CT molecular complexity index is 1810. The summed E-state index contributed by atoms with van der Waals surface area (Å²) in [6, 6.07) is 19.2. The summed E-state index contributed by atoms with van der Waals surface area (Å²) in [4.78, 5) is 74.2. The highest BCUT2D eigenvalue weighted by atomic mass is 79.9. The first-order chi connectivity index (χ1) is 21.4. The molecular weight excluding hydrogens is 704 g/mol. The molecule has 4 amide bonds. The van der Waals surface area contributed by atoms with Crippen LogP contribution < -0.4 is 14.5 Å². The minimum Gasteiger partial charge on any atom is -0.423 e. The average molecular weight is 732 g/mol. The van der Waals surface area contributed by atoms with E-state index in [9.17, 15) is 24.0 Å². The van der Waals surface area contributed by atoms with E-state index in [-0.39, 0.29) is 5.57 Å². The molecule has 10 heteroatoms. The average Bonchev–Trinajstić information content (AvgIpc) is 3.40. The van der Waals surface area contributed by atoms with Crippen LogP contribution in [0.5, 0.6) is 5.75 Å². The molecule has 3 aromatic rings. The van der Waals surface area contributed by atoms with Gasteiger partial charge in [-0.3, -0.25) is 19.2 Å². The van der Waals surface area contributed by atoms with Crippen LogP contribution in [-0.4, -0.2) is 29.6 Å². The zero-order valence-electron chi connectivity index (χ0n) is 24.8. The molecule has 45 heavy (non-hydrogen) atoms. The summed E-state index contributed by atoms with van der Waals surface area (Å²) in [5.41, 5.74) is 1.79. The zero-order chi connectivity index (χ0) is 32.1. The molecule has 2 unspecified atom stereocenters. The fourth-order valence-electron chi connectivity index (χ4n) is 8.31. The van der Waals surface area contributed by atoms with Crippen LogP contribution in [0, 0.1) is 48.9 Å². The van der Waals surface area contributed by atoms with Gasteiger partial charge in [0.1, 0.15) is 5.75 Å². The van der Waals surface area contributed by atoms with E-state index in [2.05, 4.69) is 31.9 Å². The van der Waals surface area contributed by atoms with Crippen LogP contribution in [0.25, 0.3) is 0 Å². The molecule has 2 heterocycles. The molecule has 8 nitrogen and oxygen atoms in total. The number of amides is 4. The Morgan fingerprint density at radius 3 is 1.60 bits per heavy atom. The number of aryl methyl sites for hydroxylation is 2. The third-order valence-corrected chi connectivity index (χ3v) is 11.3. The van der Waals surface area contributed by atoms with Gasteiger partial charge in [0, 0.05) is 25.9 Å². The molecule has 0 N–H and O–H groups in total. The lowest BCUT2D eigenvalue weighted by molar-refractivity contribution is -0.152. The summed E-state index contributed by atoms with van der Waals surface area (Å²) in [6.07, 6.45) is 0. The summed E-state index contributed by atoms with van der Waals surface area (Å²) < 4.78 is 6.95. The first kappa shape index (κ1) is 29.8. The fraction of sp³-hybridized carbons (Fsp3) is 0.286. The van der Waals surface area contributed by atoms with E-state index in [1.807, 2.05) is 38.1 Å². The number of allylic oxidation sites excluding steroid dienone is 1. The third-order valence-electron chi connectivity index (χ3n) is 10.0. The van der Waals surface area contributed by atoms with Crippen molar-refractivity contribution in [2.24, 2.45) is 35.0 Å². The number of carbonyl (C=O) groups excluding carboxylic acids is 5. The van der Waals surface area contributed by atoms with Crippen LogP contribution in [-0.2, 0) is 24.0 Å². The van der Waals surface area contributed by atoms with Crippen molar-refractivity contribution in [3.63, 3.8) is 0 Å². The topological polar surface area (TPSA) is 101 Å². The second-order valence-corrected chi connectivity index (χ2v) is 14.2. The van der Waals surface area contributed by atoms with Crippen molar-refractivity contribution in [2.75, 3.05) is 9.80 Å². The highest BCUT2D eigenvalue weighted by Gasteiger charge is 2.77. The molecule has 3 aliphatic carbocycles. The van der Waals surface area contributed by atoms with E-state index in [1.165, 1.54) is 0 Å². The minimum absolute atomic E-state index is 0.177. The van der Waals surface area contributed by atoms with Crippen LogP contribution in [0.4, 0.5) is 11.4 Å². The van der Waals surface area contributed by atoms with Gasteiger partial charge in [0.25, 0.3) is 0 Å². The molecule has 228 valence electrons. The number of hydrogen-bond acceptors (Lipinski definition) is 6. The zero-order valence-corrected chi connectivity index (χ0v) is 28.0. The number of nitrogens with zero attached hydrogens (tertiary/aromatic N) is 2. The van der Waals surface area contributed by atoms with Gasteiger partial charge in [0.15, 0.2) is 0 Å². The van der Waals surface area contributed by atoms with Gasteiger partial charge in [0.05, 0.1) is 35.0 Å². The van der Waals surface area contributed by atoms with Crippen molar-refractivity contribution in [2.45, 2.75) is 27.7 Å². The Balaban J connectivity index is 1.41. The predicted octanol–water partition coefficient (Wildman–Crippen LogP) is 6.31. The number of carbonyl (C=O) groups is 5. The third kappa shape index (κ3) is 4.04. The van der Waals surface area contributed by atoms with E-state index in [0.717, 1.165) is 20.9 Å². The lowest BCUT2D eigenvalue weighted by Crippen LogP contribution is -2.61. The van der Waals surface area contributed by atoms with Gasteiger partial charge in [0.2, 0.25) is 23.6 Å². The number of para-hydroxylation sites is 1. The maximum atomic E-state index is 14.5. The Hall–Kier alpha value is -3.89. The number of ether oxygens (including phenoxy) is 1. The number of imide groups is 2. The van der Waals surface area contributed by atoms with Crippen molar-refractivity contribution in [3.05, 3.63) is 97.9 Å². The largest absolute Gasteiger partial charge is 0.423 e. The fourth-order valence-corrected chi connectivity index (χ4v) is 9.65. The Morgan fingerprint density at radius 2 is 1.16 bits per heavy atom. The van der Waals surface area contributed by atoms with E-state index < -0.39 is 64.6 Å². The maximum absolute atomic E-state index is 14.5. The highest BCUT2D eigenvalue weighted by molar-refractivity contribution is 9.11. The van der Waals surface area contributed by atoms with Crippen molar-refractivity contribution >= 4 is 72.8 Å². The number of anilines is 2. The standard InChI is InChI=1S/C35H28Br2N2O6/c1-16-10-12-22(20(36)14-16)38-30(40)25-24-18(3)27(34(44)45-19-8-6-5-7-9-19)35(4,28(25)32(38)42)29-26(24)31(41)39(33(29)43)23-13-11-17(2)15-21(23)37/h5-15,24-26,28-29H,1-4H3/t24?,25-,26-,28-,29+,35?/m1/s1. The van der Waals surface area contributed by atoms with Crippen molar-refractivity contribution in [3.8, 4) is 5.75 Å². The van der Waals surface area contributed by atoms with E-state index in [0.29, 0.717) is 31.6 Å². The van der Waals surface area contributed by atoms with E-state index in [4.69, 9.17) is 4.74 Å². The molecule has 0 radical (unpaired) electrons. The molecule has 0 aromatic heterocycles. The molecule has 2 bridgehead atoms. The quantitative estimate of drug-likeness (QED) is 0.177. The van der Waals surface area contributed by atoms with Crippen molar-refractivity contribution < 1.29 is 28.7 Å². The molecule has 2 saturated heterocycles. The lowest BCUT2D eigenvalue weighted by Gasteiger charge is -2.55. The number of halogens is 2. The molecule has 2 aliphatic heterocycles. The van der Waals surface area contributed by atoms with Crippen LogP contribution >= 0.6 is 31.9 Å². The molecular formula is C35H28Br2N2O6. The molecule has 5 aliphatic rings. The van der Waals surface area contributed by atoms with Gasteiger partial charge in [-0.2, -0.15) is 0 Å². The van der Waals surface area contributed by atoms with Crippen molar-refractivity contribution in [1.29, 1.82) is 0 Å². The normalized spacial score (nSPS) is 28.6. The van der Waals surface area contributed by atoms with Crippen LogP contribution in [0.15, 0.2) is 86.8 Å². The first-order valence-corrected chi connectivity index (χ1v) is 16.2. The predicted molar refractivity (Wildman–Crippen MR) is 173 cm³/mol. The monoisotopic (exact) mass is 730 g/mol. The number of esters is 1. The summed E-state index contributed by atoms with van der Waals surface area (Å²) in [7, 11) is 0. The summed E-state index contributed by atoms with van der Waals surface area (Å²) in [6.45, 7) is 7.21. The molecule has 1 saturated carbocycles. The lowest BCUT2D eigenvalue weighted by atomic mass is 9.43. The van der Waals surface area contributed by atoms with Crippen LogP contribution in [0.3, 0.4) is 0 Å². The van der Waals surface area contributed by atoms with E-state index >= 15 is 0 Å². The summed E-state index contributed by atoms with van der Waals surface area (Å²) >= 11 is 7.04. The highest BCUT2D eigenvalue weighted by Crippen LogP contribution is 2.69. The Morgan fingerprint density at radius 1 is 0.689 bits per heavy atom. The molecule has 3 aromatic carbocycles. The second kappa shape index (κ2) is 10.3.